The minimum absolute atomic E-state index is 0.141. The van der Waals surface area contributed by atoms with E-state index in [4.69, 9.17) is 12.2 Å². The topological polar surface area (TPSA) is 55.1 Å². The molecule has 0 fully saturated rings. The smallest absolute Gasteiger partial charge is 0.220 e. The molecule has 0 aliphatic carbocycles. The molecular formula is C13H24N2OS. The van der Waals surface area contributed by atoms with Gasteiger partial charge in [-0.15, -0.1) is 18.2 Å². The van der Waals surface area contributed by atoms with Gasteiger partial charge in [0.05, 0.1) is 5.75 Å². The molecule has 0 rings (SSSR count). The average Bonchev–Trinajstić information content (AvgIpc) is 2.34. The second kappa shape index (κ2) is 11.8. The van der Waals surface area contributed by atoms with Crippen LogP contribution >= 0.6 is 11.8 Å². The van der Waals surface area contributed by atoms with Crippen LogP contribution in [0.15, 0.2) is 0 Å². The molecule has 17 heavy (non-hydrogen) atoms. The predicted octanol–water partition coefficient (Wildman–Crippen LogP) is 1.62. The number of carbonyl (C=O) groups is 1. The Balaban J connectivity index is 3.48. The van der Waals surface area contributed by atoms with E-state index in [1.165, 1.54) is 0 Å². The standard InChI is InChI=1S/C13H24N2OS/c1-3-10-17-11-9-15-13(16)6-5-12(4-2)7-8-14/h1,12H,4-11,14H2,2H3,(H,15,16). The number of hydrogen-bond donors (Lipinski definition) is 2. The molecule has 1 atom stereocenters. The fourth-order valence-electron chi connectivity index (χ4n) is 1.61. The van der Waals surface area contributed by atoms with E-state index in [-0.39, 0.29) is 5.91 Å². The van der Waals surface area contributed by atoms with E-state index in [9.17, 15) is 4.79 Å². The Morgan fingerprint density at radius 1 is 1.53 bits per heavy atom. The van der Waals surface area contributed by atoms with Crippen molar-refractivity contribution in [1.29, 1.82) is 0 Å². The summed E-state index contributed by atoms with van der Waals surface area (Å²) in [6.45, 7) is 3.57. The zero-order chi connectivity index (χ0) is 12.9. The van der Waals surface area contributed by atoms with Crippen LogP contribution < -0.4 is 11.1 Å². The van der Waals surface area contributed by atoms with E-state index >= 15 is 0 Å². The Hall–Kier alpha value is -0.660. The maximum absolute atomic E-state index is 11.5. The van der Waals surface area contributed by atoms with E-state index in [0.29, 0.717) is 31.2 Å². The molecule has 3 nitrogen and oxygen atoms in total. The highest BCUT2D eigenvalue weighted by molar-refractivity contribution is 7.99. The molecule has 1 unspecified atom stereocenters. The van der Waals surface area contributed by atoms with Gasteiger partial charge in [0.2, 0.25) is 5.91 Å². The van der Waals surface area contributed by atoms with Gasteiger partial charge in [0.1, 0.15) is 0 Å². The van der Waals surface area contributed by atoms with Crippen molar-refractivity contribution in [2.45, 2.75) is 32.6 Å². The van der Waals surface area contributed by atoms with Crippen molar-refractivity contribution in [3.8, 4) is 12.3 Å². The van der Waals surface area contributed by atoms with E-state index < -0.39 is 0 Å². The third kappa shape index (κ3) is 10.2. The summed E-state index contributed by atoms with van der Waals surface area (Å²) in [5.41, 5.74) is 5.52. The Bertz CT molecular complexity index is 238. The van der Waals surface area contributed by atoms with Gasteiger partial charge in [-0.05, 0) is 25.3 Å². The molecule has 98 valence electrons. The maximum Gasteiger partial charge on any atom is 0.220 e. The van der Waals surface area contributed by atoms with Crippen molar-refractivity contribution < 1.29 is 4.79 Å². The highest BCUT2D eigenvalue weighted by atomic mass is 32.2. The second-order valence-corrected chi connectivity index (χ2v) is 5.10. The van der Waals surface area contributed by atoms with Crippen LogP contribution in [0.5, 0.6) is 0 Å². The highest BCUT2D eigenvalue weighted by Gasteiger charge is 2.08. The van der Waals surface area contributed by atoms with Crippen molar-refractivity contribution in [1.82, 2.24) is 5.32 Å². The summed E-state index contributed by atoms with van der Waals surface area (Å²) in [4.78, 5) is 11.5. The van der Waals surface area contributed by atoms with Gasteiger partial charge >= 0.3 is 0 Å². The molecule has 0 aromatic rings. The minimum Gasteiger partial charge on any atom is -0.355 e. The Morgan fingerprint density at radius 3 is 2.88 bits per heavy atom. The monoisotopic (exact) mass is 256 g/mol. The summed E-state index contributed by atoms with van der Waals surface area (Å²) in [6.07, 6.45) is 8.79. The van der Waals surface area contributed by atoms with Crippen LogP contribution in [0.4, 0.5) is 0 Å². The summed E-state index contributed by atoms with van der Waals surface area (Å²) in [7, 11) is 0. The van der Waals surface area contributed by atoms with Crippen molar-refractivity contribution in [2.75, 3.05) is 24.6 Å². The van der Waals surface area contributed by atoms with E-state index in [0.717, 1.165) is 25.0 Å². The summed E-state index contributed by atoms with van der Waals surface area (Å²) < 4.78 is 0. The molecule has 3 N–H and O–H groups in total. The third-order valence-electron chi connectivity index (χ3n) is 2.69. The quantitative estimate of drug-likeness (QED) is 0.461. The lowest BCUT2D eigenvalue weighted by atomic mass is 9.96. The van der Waals surface area contributed by atoms with Crippen molar-refractivity contribution in [3.63, 3.8) is 0 Å². The normalized spacial score (nSPS) is 11.8. The molecule has 4 heteroatoms. The van der Waals surface area contributed by atoms with Crippen LogP contribution in [0.3, 0.4) is 0 Å². The van der Waals surface area contributed by atoms with Crippen molar-refractivity contribution in [2.24, 2.45) is 11.7 Å². The molecule has 0 spiro atoms. The van der Waals surface area contributed by atoms with Gasteiger partial charge < -0.3 is 11.1 Å². The Morgan fingerprint density at radius 2 is 2.29 bits per heavy atom. The summed E-state index contributed by atoms with van der Waals surface area (Å²) in [6, 6.07) is 0. The zero-order valence-corrected chi connectivity index (χ0v) is 11.5. The lowest BCUT2D eigenvalue weighted by molar-refractivity contribution is -0.121. The van der Waals surface area contributed by atoms with Gasteiger partial charge in [-0.25, -0.2) is 0 Å². The molecule has 0 bridgehead atoms. The van der Waals surface area contributed by atoms with Gasteiger partial charge in [0, 0.05) is 18.7 Å². The molecular weight excluding hydrogens is 232 g/mol. The number of rotatable bonds is 10. The molecule has 0 aliphatic heterocycles. The maximum atomic E-state index is 11.5. The van der Waals surface area contributed by atoms with Crippen LogP contribution in [-0.2, 0) is 4.79 Å². The molecule has 0 saturated heterocycles. The van der Waals surface area contributed by atoms with E-state index in [2.05, 4.69) is 18.2 Å². The molecule has 1 amide bonds. The first kappa shape index (κ1) is 16.3. The van der Waals surface area contributed by atoms with Crippen LogP contribution in [0.2, 0.25) is 0 Å². The van der Waals surface area contributed by atoms with Gasteiger partial charge in [-0.1, -0.05) is 19.3 Å². The largest absolute Gasteiger partial charge is 0.355 e. The molecule has 0 aromatic carbocycles. The molecule has 0 aliphatic rings. The second-order valence-electron chi connectivity index (χ2n) is 4.00. The van der Waals surface area contributed by atoms with Crippen molar-refractivity contribution >= 4 is 17.7 Å². The molecule has 0 heterocycles. The van der Waals surface area contributed by atoms with Gasteiger partial charge in [0.15, 0.2) is 0 Å². The minimum atomic E-state index is 0.141. The van der Waals surface area contributed by atoms with E-state index in [1.54, 1.807) is 11.8 Å². The lowest BCUT2D eigenvalue weighted by Crippen LogP contribution is -2.26. The van der Waals surface area contributed by atoms with Crippen LogP contribution in [0.1, 0.15) is 32.6 Å². The number of nitrogens with one attached hydrogen (secondary N) is 1. The Labute approximate surface area is 109 Å². The summed E-state index contributed by atoms with van der Waals surface area (Å²) in [5, 5.41) is 2.90. The summed E-state index contributed by atoms with van der Waals surface area (Å²) >= 11 is 1.66. The first-order valence-electron chi connectivity index (χ1n) is 6.22. The first-order valence-corrected chi connectivity index (χ1v) is 7.38. The number of carbonyl (C=O) groups excluding carboxylic acids is 1. The molecule has 0 radical (unpaired) electrons. The number of thioether (sulfide) groups is 1. The summed E-state index contributed by atoms with van der Waals surface area (Å²) in [5.74, 6) is 4.88. The number of hydrogen-bond acceptors (Lipinski definition) is 3. The number of nitrogens with two attached hydrogens (primary N) is 1. The van der Waals surface area contributed by atoms with Gasteiger partial charge in [-0.2, -0.15) is 0 Å². The van der Waals surface area contributed by atoms with Crippen molar-refractivity contribution in [3.05, 3.63) is 0 Å². The number of terminal acetylenes is 1. The van der Waals surface area contributed by atoms with Crippen LogP contribution in [-0.4, -0.2) is 30.5 Å². The van der Waals surface area contributed by atoms with E-state index in [1.807, 2.05) is 0 Å². The van der Waals surface area contributed by atoms with Gasteiger partial charge in [-0.3, -0.25) is 4.79 Å². The van der Waals surface area contributed by atoms with Crippen LogP contribution in [0.25, 0.3) is 0 Å². The van der Waals surface area contributed by atoms with Crippen LogP contribution in [0, 0.1) is 18.3 Å². The lowest BCUT2D eigenvalue weighted by Gasteiger charge is -2.13. The SMILES string of the molecule is C#CCSCCNC(=O)CCC(CC)CCN. The third-order valence-corrected chi connectivity index (χ3v) is 3.55. The Kier molecular flexibility index (Phi) is 11.4. The number of amides is 1. The fraction of sp³-hybridized carbons (Fsp3) is 0.769. The van der Waals surface area contributed by atoms with Gasteiger partial charge in [0.25, 0.3) is 0 Å². The fourth-order valence-corrected chi connectivity index (χ4v) is 2.11. The first-order chi connectivity index (χ1) is 8.24. The molecule has 0 saturated carbocycles. The molecule has 0 aromatic heterocycles. The predicted molar refractivity (Wildman–Crippen MR) is 75.9 cm³/mol. The average molecular weight is 256 g/mol. The highest BCUT2D eigenvalue weighted by Crippen LogP contribution is 2.14. The zero-order valence-electron chi connectivity index (χ0n) is 10.7.